The van der Waals surface area contributed by atoms with Crippen molar-refractivity contribution in [3.63, 3.8) is 0 Å². The minimum absolute atomic E-state index is 0. The van der Waals surface area contributed by atoms with Gasteiger partial charge in [-0.2, -0.15) is 52.7 Å². The van der Waals surface area contributed by atoms with Gasteiger partial charge in [-0.25, -0.2) is 73.0 Å². The van der Waals surface area contributed by atoms with Crippen LogP contribution in [-0.2, 0) is 19.2 Å². The third-order valence-electron chi connectivity index (χ3n) is 12.2. The normalized spacial score (nSPS) is 11.9. The Labute approximate surface area is 568 Å². The summed E-state index contributed by atoms with van der Waals surface area (Å²) in [5.74, 6) is -5.73. The second-order valence-corrected chi connectivity index (χ2v) is 20.4. The average molecular weight is 1450 g/mol. The lowest BCUT2D eigenvalue weighted by atomic mass is 10.0. The van der Waals surface area contributed by atoms with Crippen LogP contribution in [0, 0.1) is 23.4 Å². The average Bonchev–Trinajstić information content (AvgIpc) is 0.842. The lowest BCUT2D eigenvalue weighted by Gasteiger charge is -2.22. The summed E-state index contributed by atoms with van der Waals surface area (Å²) in [6.07, 6.45) is -8.32. The van der Waals surface area contributed by atoms with Crippen LogP contribution in [0.15, 0.2) is 104 Å². The van der Waals surface area contributed by atoms with Crippen LogP contribution < -0.4 is 65.5 Å². The number of carbonyl (C=O) groups is 4. The van der Waals surface area contributed by atoms with Crippen LogP contribution in [0.5, 0.6) is 0 Å². The second-order valence-electron chi connectivity index (χ2n) is 20.4. The van der Waals surface area contributed by atoms with Crippen LogP contribution in [0.2, 0.25) is 0 Å². The van der Waals surface area contributed by atoms with E-state index in [1.54, 1.807) is 78.3 Å². The summed E-state index contributed by atoms with van der Waals surface area (Å²) >= 11 is 0. The van der Waals surface area contributed by atoms with E-state index in [0.717, 1.165) is 18.6 Å². The Balaban J connectivity index is -0.000000429. The van der Waals surface area contributed by atoms with Crippen molar-refractivity contribution in [1.82, 2.24) is 81.1 Å². The van der Waals surface area contributed by atoms with Crippen molar-refractivity contribution < 1.29 is 97.9 Å². The fourth-order valence-corrected chi connectivity index (χ4v) is 7.44. The molecule has 0 bridgehead atoms. The number of nitrogens with one attached hydrogen (secondary N) is 8. The third-order valence-corrected chi connectivity index (χ3v) is 12.2. The number of amides is 4. The summed E-state index contributed by atoms with van der Waals surface area (Å²) in [5, 5.41) is 17.0. The highest BCUT2D eigenvalue weighted by molar-refractivity contribution is 5.85. The zero-order valence-corrected chi connectivity index (χ0v) is 52.0. The van der Waals surface area contributed by atoms with E-state index in [-0.39, 0.29) is 89.9 Å². The fraction of sp³-hybridized carbons (Fsp3) is 0.298. The summed E-state index contributed by atoms with van der Waals surface area (Å²) in [7, 11) is 0. The van der Waals surface area contributed by atoms with Crippen molar-refractivity contribution in [1.29, 1.82) is 0 Å². The maximum atomic E-state index is 13.8. The van der Waals surface area contributed by atoms with Crippen molar-refractivity contribution in [2.75, 3.05) is 83.5 Å². The van der Waals surface area contributed by atoms with Gasteiger partial charge in [0.25, 0.3) is 0 Å². The summed E-state index contributed by atoms with van der Waals surface area (Å²) in [6.45, 7) is -1.77. The maximum Gasteiger partial charge on any atom is 0.405 e. The van der Waals surface area contributed by atoms with E-state index in [2.05, 4.69) is 81.1 Å². The Morgan fingerprint density at radius 2 is 0.790 bits per heavy atom. The number of rotatable bonds is 22. The van der Waals surface area contributed by atoms with Crippen LogP contribution in [0.1, 0.15) is 40.0 Å². The van der Waals surface area contributed by atoms with Gasteiger partial charge < -0.3 is 65.5 Å². The summed E-state index contributed by atoms with van der Waals surface area (Å²) in [6, 6.07) is 12.3. The number of nitrogens with zero attached hydrogens (tertiary/aromatic N) is 12. The van der Waals surface area contributed by atoms with E-state index >= 15 is 0 Å². The molecule has 8 aromatic heterocycles. The van der Waals surface area contributed by atoms with Gasteiger partial charge in [0.1, 0.15) is 67.4 Å². The third kappa shape index (κ3) is 27.0. The Hall–Kier alpha value is -11.9. The monoisotopic (exact) mass is 1450 g/mol. The minimum Gasteiger partial charge on any atom is -0.383 e. The predicted molar refractivity (Wildman–Crippen MR) is 351 cm³/mol. The molecule has 0 unspecified atom stereocenters. The molecule has 100 heavy (non-hydrogen) atoms. The zero-order chi connectivity index (χ0) is 74.1. The molecule has 0 saturated heterocycles. The van der Waals surface area contributed by atoms with Crippen molar-refractivity contribution in [2.45, 2.75) is 64.0 Å². The molecular weight excluding hydrogens is 1370 g/mol. The fourth-order valence-electron chi connectivity index (χ4n) is 7.44. The van der Waals surface area contributed by atoms with E-state index in [0.29, 0.717) is 33.9 Å². The summed E-state index contributed by atoms with van der Waals surface area (Å²) < 4.78 is 186. The molecule has 28 nitrogen and oxygen atoms in total. The van der Waals surface area contributed by atoms with Crippen LogP contribution >= 0.6 is 0 Å². The molecule has 8 heterocycles. The van der Waals surface area contributed by atoms with Gasteiger partial charge in [0.2, 0.25) is 23.6 Å². The standard InChI is InChI=1S/C16H19F3N6O.2C14H14F4N6O.C13H12F4N6O.9H2/c1-9(2)12(15(26)23-8-16(17,18)19)24-11-5-7-22-14(25-11)10-4-3-6-21-13(10)20;1-7(13(25)22-6-14(16,17)18)23-12-9(15)5-21-11(24-12)8-3-2-4-20-10(8)19;15-9-6-22-12(8-2-1-4-20-11(8)19)24-13(9)21-5-3-10(25)23-7-14(16,17)18;14-8-4-20-11(7-2-1-3-19-10(7)18)23-12(8)21-5-9(24)22-6-13(15,16)17;;;;;;;;;/h3-7,9,12H,8H2,1-2H3,(H2,20,21)(H,23,26)(H,22,24,25);2-5,7H,6H2,1H3,(H2,19,20)(H,22,25)(H,21,23,24);1-2,4,6H,3,5,7H2,(H2,19,20)(H,23,25)(H,21,22,24);1-4H,5-6H2,(H2,18,19)(H,22,24)(H,20,21,23);9*1H/t12-;7-;;;;;;;;;;;/m00.........../s1. The zero-order valence-electron chi connectivity index (χ0n) is 52.0. The Kier molecular flexibility index (Phi) is 28.3. The summed E-state index contributed by atoms with van der Waals surface area (Å²) in [4.78, 5) is 93.4. The van der Waals surface area contributed by atoms with E-state index < -0.39 is 111 Å². The summed E-state index contributed by atoms with van der Waals surface area (Å²) in [5.41, 5.74) is 24.5. The lowest BCUT2D eigenvalue weighted by Crippen LogP contribution is -2.46. The number of aromatic nitrogens is 12. The molecule has 0 aliphatic rings. The van der Waals surface area contributed by atoms with Crippen LogP contribution in [0.25, 0.3) is 45.6 Å². The number of hydrogen-bond donors (Lipinski definition) is 12. The second kappa shape index (κ2) is 35.9. The molecular formula is C57H77F15N24O4. The largest absolute Gasteiger partial charge is 0.405 e. The molecule has 8 aromatic rings. The molecule has 16 N–H and O–H groups in total. The first-order valence-corrected chi connectivity index (χ1v) is 28.5. The molecule has 554 valence electrons. The molecule has 0 aromatic carbocycles. The quantitative estimate of drug-likeness (QED) is 0.0281. The maximum absolute atomic E-state index is 13.8. The highest BCUT2D eigenvalue weighted by Gasteiger charge is 2.33. The van der Waals surface area contributed by atoms with Gasteiger partial charge in [-0.15, -0.1) is 0 Å². The highest BCUT2D eigenvalue weighted by atomic mass is 19.4. The van der Waals surface area contributed by atoms with Gasteiger partial charge in [-0.3, -0.25) is 19.2 Å². The highest BCUT2D eigenvalue weighted by Crippen LogP contribution is 2.27. The minimum atomic E-state index is -4.54. The van der Waals surface area contributed by atoms with E-state index in [9.17, 15) is 85.0 Å². The molecule has 0 aliphatic heterocycles. The van der Waals surface area contributed by atoms with Crippen molar-refractivity contribution >= 4 is 70.2 Å². The smallest absolute Gasteiger partial charge is 0.383 e. The van der Waals surface area contributed by atoms with E-state index in [1.807, 2.05) is 5.32 Å². The molecule has 2 atom stereocenters. The first kappa shape index (κ1) is 78.8. The van der Waals surface area contributed by atoms with Crippen molar-refractivity contribution in [3.05, 3.63) is 122 Å². The Morgan fingerprint density at radius 1 is 0.430 bits per heavy atom. The van der Waals surface area contributed by atoms with Crippen LogP contribution in [0.4, 0.5) is 112 Å². The van der Waals surface area contributed by atoms with E-state index in [4.69, 9.17) is 22.9 Å². The molecule has 0 spiro atoms. The van der Waals surface area contributed by atoms with Crippen molar-refractivity contribution in [2.24, 2.45) is 5.92 Å². The van der Waals surface area contributed by atoms with Crippen molar-refractivity contribution in [3.8, 4) is 45.6 Å². The first-order valence-electron chi connectivity index (χ1n) is 28.5. The van der Waals surface area contributed by atoms with Gasteiger partial charge in [0.05, 0.1) is 47.4 Å². The molecule has 8 rings (SSSR count). The number of alkyl halides is 12. The molecule has 0 saturated carbocycles. The number of nitrogen functional groups attached to an aromatic ring is 4. The van der Waals surface area contributed by atoms with Crippen LogP contribution in [0.3, 0.4) is 0 Å². The lowest BCUT2D eigenvalue weighted by molar-refractivity contribution is -0.139. The van der Waals surface area contributed by atoms with Gasteiger partial charge in [0, 0.05) is 56.8 Å². The molecule has 0 radical (unpaired) electrons. The number of hydrogen-bond acceptors (Lipinski definition) is 24. The Bertz CT molecular complexity index is 4090. The topological polar surface area (TPSA) is 423 Å². The Morgan fingerprint density at radius 3 is 1.19 bits per heavy atom. The number of pyridine rings is 4. The SMILES string of the molecule is CC(C)[C@H](Nc1ccnc(-c2cccnc2N)n1)C(=O)NCC(F)(F)F.C[C@H](Nc1nc(-c2cccnc2N)ncc1F)C(=O)NCC(F)(F)F.Nc1ncccc1-c1ncc(F)c(NCC(=O)NCC(F)(F)F)n1.Nc1ncccc1-c1ncc(F)c(NCCC(=O)NCC(F)(F)F)n1.[HH].[HH].[HH].[HH].[HH].[HH].[HH].[HH].[HH]. The van der Waals surface area contributed by atoms with Gasteiger partial charge in [0.15, 0.2) is 58.2 Å². The van der Waals surface area contributed by atoms with Gasteiger partial charge in [-0.1, -0.05) is 13.8 Å². The first-order chi connectivity index (χ1) is 46.9. The number of carbonyl (C=O) groups excluding carboxylic acids is 4. The van der Waals surface area contributed by atoms with E-state index in [1.165, 1.54) is 44.0 Å². The number of nitrogens with two attached hydrogens (primary N) is 4. The van der Waals surface area contributed by atoms with Crippen LogP contribution in [-0.4, -0.2) is 159 Å². The predicted octanol–water partition coefficient (Wildman–Crippen LogP) is 9.28. The number of anilines is 8. The van der Waals surface area contributed by atoms with Gasteiger partial charge in [-0.05, 0) is 67.4 Å². The molecule has 4 amide bonds. The molecule has 0 fully saturated rings. The molecule has 0 aliphatic carbocycles. The number of halogens is 15. The molecule has 43 heteroatoms. The van der Waals surface area contributed by atoms with Gasteiger partial charge >= 0.3 is 24.7 Å².